The van der Waals surface area contributed by atoms with Crippen molar-refractivity contribution in [3.05, 3.63) is 70.1 Å². The first-order valence-corrected chi connectivity index (χ1v) is 6.15. The van der Waals surface area contributed by atoms with Crippen LogP contribution in [0.15, 0.2) is 53.3 Å². The second kappa shape index (κ2) is 5.83. The molecule has 108 valence electrons. The van der Waals surface area contributed by atoms with Crippen molar-refractivity contribution in [3.63, 3.8) is 0 Å². The summed E-state index contributed by atoms with van der Waals surface area (Å²) in [6.45, 7) is -0.338. The Labute approximate surface area is 118 Å². The Kier molecular flexibility index (Phi) is 4.13. The molecule has 1 aromatic carbocycles. The van der Waals surface area contributed by atoms with Gasteiger partial charge < -0.3 is 4.57 Å². The first kappa shape index (κ1) is 14.9. The molecule has 6 heteroatoms. The summed E-state index contributed by atoms with van der Waals surface area (Å²) < 4.78 is 39.4. The predicted molar refractivity (Wildman–Crippen MR) is 70.5 cm³/mol. The van der Waals surface area contributed by atoms with Crippen LogP contribution in [0.4, 0.5) is 13.2 Å². The third-order valence-electron chi connectivity index (χ3n) is 3.06. The van der Waals surface area contributed by atoms with Gasteiger partial charge in [0.2, 0.25) is 0 Å². The third kappa shape index (κ3) is 3.31. The van der Waals surface area contributed by atoms with Crippen molar-refractivity contribution in [1.29, 1.82) is 5.26 Å². The van der Waals surface area contributed by atoms with E-state index >= 15 is 0 Å². The number of rotatable bonds is 3. The van der Waals surface area contributed by atoms with Gasteiger partial charge in [0.15, 0.2) is 0 Å². The van der Waals surface area contributed by atoms with Crippen molar-refractivity contribution in [3.8, 4) is 6.07 Å². The largest absolute Gasteiger partial charge is 0.431 e. The van der Waals surface area contributed by atoms with Crippen LogP contribution in [0.25, 0.3) is 0 Å². The maximum atomic E-state index is 12.9. The molecule has 0 aliphatic rings. The minimum atomic E-state index is -4.64. The molecule has 1 aromatic heterocycles. The molecule has 0 fully saturated rings. The molecule has 2 aromatic rings. The fourth-order valence-electron chi connectivity index (χ4n) is 2.04. The molecule has 0 aliphatic heterocycles. The molecule has 0 spiro atoms. The van der Waals surface area contributed by atoms with Gasteiger partial charge in [0.05, 0.1) is 12.0 Å². The van der Waals surface area contributed by atoms with Crippen LogP contribution in [-0.4, -0.2) is 4.57 Å². The average molecular weight is 292 g/mol. The predicted octanol–water partition coefficient (Wildman–Crippen LogP) is 3.17. The number of hydrogen-bond acceptors (Lipinski definition) is 2. The van der Waals surface area contributed by atoms with Crippen LogP contribution < -0.4 is 5.56 Å². The Morgan fingerprint density at radius 3 is 2.33 bits per heavy atom. The number of hydrogen-bond donors (Lipinski definition) is 0. The minimum absolute atomic E-state index is 0.338. The second-order valence-electron chi connectivity index (χ2n) is 4.45. The maximum Gasteiger partial charge on any atom is 0.431 e. The first-order chi connectivity index (χ1) is 9.93. The highest BCUT2D eigenvalue weighted by molar-refractivity contribution is 5.25. The van der Waals surface area contributed by atoms with Crippen LogP contribution >= 0.6 is 0 Å². The van der Waals surface area contributed by atoms with Gasteiger partial charge in [0, 0.05) is 12.6 Å². The van der Waals surface area contributed by atoms with E-state index in [0.29, 0.717) is 10.1 Å². The van der Waals surface area contributed by atoms with Crippen LogP contribution in [0.5, 0.6) is 0 Å². The summed E-state index contributed by atoms with van der Waals surface area (Å²) in [5, 5.41) is 9.18. The van der Waals surface area contributed by atoms with Gasteiger partial charge in [-0.1, -0.05) is 36.4 Å². The minimum Gasteiger partial charge on any atom is -0.303 e. The number of nitrogens with zero attached hydrogens (tertiary/aromatic N) is 2. The highest BCUT2D eigenvalue weighted by atomic mass is 19.4. The lowest BCUT2D eigenvalue weighted by molar-refractivity contribution is -0.144. The van der Waals surface area contributed by atoms with E-state index in [0.717, 1.165) is 18.2 Å². The summed E-state index contributed by atoms with van der Waals surface area (Å²) in [5.74, 6) is -0.826. The fourth-order valence-corrected chi connectivity index (χ4v) is 2.04. The van der Waals surface area contributed by atoms with Crippen molar-refractivity contribution in [1.82, 2.24) is 4.57 Å². The van der Waals surface area contributed by atoms with Crippen molar-refractivity contribution in [2.24, 2.45) is 0 Å². The van der Waals surface area contributed by atoms with Gasteiger partial charge in [-0.3, -0.25) is 4.79 Å². The molecule has 1 heterocycles. The van der Waals surface area contributed by atoms with Crippen LogP contribution in [-0.2, 0) is 12.7 Å². The topological polar surface area (TPSA) is 45.8 Å². The second-order valence-corrected chi connectivity index (χ2v) is 4.45. The van der Waals surface area contributed by atoms with E-state index in [1.54, 1.807) is 30.3 Å². The van der Waals surface area contributed by atoms with Crippen LogP contribution in [0.2, 0.25) is 0 Å². The Morgan fingerprint density at radius 1 is 1.10 bits per heavy atom. The molecule has 1 atom stereocenters. The molecule has 1 unspecified atom stereocenters. The zero-order valence-corrected chi connectivity index (χ0v) is 10.8. The van der Waals surface area contributed by atoms with Crippen molar-refractivity contribution in [2.45, 2.75) is 18.6 Å². The Hall–Kier alpha value is -2.55. The third-order valence-corrected chi connectivity index (χ3v) is 3.06. The monoisotopic (exact) mass is 292 g/mol. The standard InChI is InChI=1S/C15H11F3N2O/c16-15(17,18)13-7-4-8-14(21)20(13)10-12(9-19)11-5-2-1-3-6-11/h1-8,12H,10H2. The molecule has 0 saturated heterocycles. The molecule has 0 saturated carbocycles. The average Bonchev–Trinajstić information content (AvgIpc) is 2.45. The molecular formula is C15H11F3N2O. The Balaban J connectivity index is 2.44. The highest BCUT2D eigenvalue weighted by Gasteiger charge is 2.34. The zero-order valence-electron chi connectivity index (χ0n) is 10.8. The zero-order chi connectivity index (χ0) is 15.5. The van der Waals surface area contributed by atoms with E-state index in [4.69, 9.17) is 0 Å². The van der Waals surface area contributed by atoms with Crippen molar-refractivity contribution in [2.75, 3.05) is 0 Å². The van der Waals surface area contributed by atoms with E-state index in [1.807, 2.05) is 6.07 Å². The molecule has 21 heavy (non-hydrogen) atoms. The van der Waals surface area contributed by atoms with Crippen LogP contribution in [0.3, 0.4) is 0 Å². The van der Waals surface area contributed by atoms with E-state index < -0.39 is 23.3 Å². The van der Waals surface area contributed by atoms with Crippen molar-refractivity contribution < 1.29 is 13.2 Å². The number of pyridine rings is 1. The van der Waals surface area contributed by atoms with E-state index in [2.05, 4.69) is 0 Å². The smallest absolute Gasteiger partial charge is 0.303 e. The first-order valence-electron chi connectivity index (χ1n) is 6.15. The van der Waals surface area contributed by atoms with Gasteiger partial charge in [-0.2, -0.15) is 18.4 Å². The van der Waals surface area contributed by atoms with Gasteiger partial charge in [0.25, 0.3) is 5.56 Å². The van der Waals surface area contributed by atoms with E-state index in [9.17, 15) is 23.2 Å². The van der Waals surface area contributed by atoms with Gasteiger partial charge in [-0.05, 0) is 11.6 Å². The van der Waals surface area contributed by atoms with Gasteiger partial charge >= 0.3 is 6.18 Å². The Bertz CT molecular complexity index is 714. The molecule has 0 radical (unpaired) electrons. The molecular weight excluding hydrogens is 281 g/mol. The summed E-state index contributed by atoms with van der Waals surface area (Å²) in [5.41, 5.74) is -1.25. The summed E-state index contributed by atoms with van der Waals surface area (Å²) >= 11 is 0. The summed E-state index contributed by atoms with van der Waals surface area (Å²) in [6, 6.07) is 13.3. The van der Waals surface area contributed by atoms with Gasteiger partial charge in [-0.25, -0.2) is 0 Å². The highest BCUT2D eigenvalue weighted by Crippen LogP contribution is 2.29. The molecule has 2 rings (SSSR count). The molecule has 3 nitrogen and oxygen atoms in total. The number of halogens is 3. The van der Waals surface area contributed by atoms with Crippen LogP contribution in [0.1, 0.15) is 17.2 Å². The number of aromatic nitrogens is 1. The van der Waals surface area contributed by atoms with E-state index in [1.165, 1.54) is 0 Å². The molecule has 0 N–H and O–H groups in total. The summed E-state index contributed by atoms with van der Waals surface area (Å²) in [6.07, 6.45) is -4.64. The van der Waals surface area contributed by atoms with E-state index in [-0.39, 0.29) is 6.54 Å². The SMILES string of the molecule is N#CC(Cn1c(C(F)(F)F)cccc1=O)c1ccccc1. The molecule has 0 amide bonds. The fraction of sp³-hybridized carbons (Fsp3) is 0.200. The normalized spacial score (nSPS) is 12.7. The molecule has 0 bridgehead atoms. The number of nitriles is 1. The molecule has 0 aliphatic carbocycles. The lowest BCUT2D eigenvalue weighted by Crippen LogP contribution is -2.29. The lowest BCUT2D eigenvalue weighted by atomic mass is 10.0. The van der Waals surface area contributed by atoms with Gasteiger partial charge in [-0.15, -0.1) is 0 Å². The van der Waals surface area contributed by atoms with Crippen molar-refractivity contribution >= 4 is 0 Å². The summed E-state index contributed by atoms with van der Waals surface area (Å²) in [7, 11) is 0. The lowest BCUT2D eigenvalue weighted by Gasteiger charge is -2.17. The summed E-state index contributed by atoms with van der Waals surface area (Å²) in [4.78, 5) is 11.7. The number of benzene rings is 1. The van der Waals surface area contributed by atoms with Crippen LogP contribution in [0, 0.1) is 11.3 Å². The Morgan fingerprint density at radius 2 is 1.76 bits per heavy atom. The quantitative estimate of drug-likeness (QED) is 0.872. The maximum absolute atomic E-state index is 12.9. The van der Waals surface area contributed by atoms with Gasteiger partial charge in [0.1, 0.15) is 5.69 Å². The number of alkyl halides is 3.